The Hall–Kier alpha value is -1.34. The molecule has 0 spiro atoms. The Balaban J connectivity index is 2.01. The second-order valence-electron chi connectivity index (χ2n) is 9.29. The Morgan fingerprint density at radius 1 is 1.04 bits per heavy atom. The summed E-state index contributed by atoms with van der Waals surface area (Å²) in [5.41, 5.74) is 3.14. The highest BCUT2D eigenvalue weighted by Crippen LogP contribution is 2.29. The third-order valence-corrected chi connectivity index (χ3v) is 5.96. The molecule has 0 saturated heterocycles. The van der Waals surface area contributed by atoms with Gasteiger partial charge in [0.05, 0.1) is 0 Å². The molecule has 2 rings (SSSR count). The van der Waals surface area contributed by atoms with Gasteiger partial charge in [0, 0.05) is 18.5 Å². The van der Waals surface area contributed by atoms with E-state index in [4.69, 9.17) is 0 Å². The number of nitrogens with zero attached hydrogens (tertiary/aromatic N) is 1. The maximum atomic E-state index is 2.69. The number of unbranched alkanes of at least 4 members (excludes halogenated alkanes) is 1. The molecule has 0 amide bonds. The topological polar surface area (TPSA) is 3.24 Å². The van der Waals surface area contributed by atoms with Gasteiger partial charge in [-0.2, -0.15) is 0 Å². The third kappa shape index (κ3) is 7.66. The molecule has 0 saturated carbocycles. The predicted octanol–water partition coefficient (Wildman–Crippen LogP) is 7.35. The summed E-state index contributed by atoms with van der Waals surface area (Å²) >= 11 is 0. The fourth-order valence-corrected chi connectivity index (χ4v) is 3.98. The van der Waals surface area contributed by atoms with E-state index >= 15 is 0 Å². The smallest absolute Gasteiger partial charge is 0.0234 e. The average Bonchev–Trinajstić information content (AvgIpc) is 2.65. The second kappa shape index (κ2) is 10.9. The Morgan fingerprint density at radius 2 is 1.78 bits per heavy atom. The van der Waals surface area contributed by atoms with Gasteiger partial charge >= 0.3 is 0 Å². The van der Waals surface area contributed by atoms with Crippen LogP contribution in [0.15, 0.2) is 48.6 Å². The third-order valence-electron chi connectivity index (χ3n) is 5.96. The molecule has 1 heteroatoms. The first kappa shape index (κ1) is 22.0. The quantitative estimate of drug-likeness (QED) is 0.395. The zero-order valence-corrected chi connectivity index (χ0v) is 18.4. The van der Waals surface area contributed by atoms with Gasteiger partial charge in [0.2, 0.25) is 0 Å². The van der Waals surface area contributed by atoms with Gasteiger partial charge in [-0.15, -0.1) is 0 Å². The van der Waals surface area contributed by atoms with Gasteiger partial charge < -0.3 is 0 Å². The molecule has 0 aromatic heterocycles. The van der Waals surface area contributed by atoms with Crippen molar-refractivity contribution in [3.8, 4) is 0 Å². The summed E-state index contributed by atoms with van der Waals surface area (Å²) in [5, 5.41) is 0. The molecule has 27 heavy (non-hydrogen) atoms. The van der Waals surface area contributed by atoms with Crippen LogP contribution >= 0.6 is 0 Å². The van der Waals surface area contributed by atoms with Crippen LogP contribution in [0.4, 0.5) is 0 Å². The lowest BCUT2D eigenvalue weighted by Crippen LogP contribution is -2.36. The highest BCUT2D eigenvalue weighted by atomic mass is 15.1. The Kier molecular flexibility index (Phi) is 8.83. The van der Waals surface area contributed by atoms with Crippen LogP contribution in [0.5, 0.6) is 0 Å². The molecule has 1 aromatic carbocycles. The van der Waals surface area contributed by atoms with E-state index in [1.54, 1.807) is 0 Å². The minimum absolute atomic E-state index is 0.263. The van der Waals surface area contributed by atoms with E-state index < -0.39 is 0 Å². The SMILES string of the molecule is CCCCC(C)CCN(Cc1ccc(C(C)C)cc1)CC1(C)C=CC=CC1. The summed E-state index contributed by atoms with van der Waals surface area (Å²) in [4.78, 5) is 2.69. The number of rotatable bonds is 11. The van der Waals surface area contributed by atoms with Crippen molar-refractivity contribution in [3.63, 3.8) is 0 Å². The van der Waals surface area contributed by atoms with E-state index in [1.165, 1.54) is 43.4 Å². The first-order chi connectivity index (χ1) is 12.9. The van der Waals surface area contributed by atoms with Crippen LogP contribution in [0.25, 0.3) is 0 Å². The summed E-state index contributed by atoms with van der Waals surface area (Å²) in [6.07, 6.45) is 15.6. The molecule has 1 aliphatic rings. The molecular weight excluding hydrogens is 326 g/mol. The fraction of sp³-hybridized carbons (Fsp3) is 0.615. The van der Waals surface area contributed by atoms with Crippen LogP contribution in [0.1, 0.15) is 83.8 Å². The van der Waals surface area contributed by atoms with E-state index in [2.05, 4.69) is 88.1 Å². The number of hydrogen-bond donors (Lipinski definition) is 0. The highest BCUT2D eigenvalue weighted by molar-refractivity contribution is 5.25. The molecule has 0 radical (unpaired) electrons. The van der Waals surface area contributed by atoms with Gasteiger partial charge in [0.1, 0.15) is 0 Å². The first-order valence-electron chi connectivity index (χ1n) is 11.1. The Labute approximate surface area is 168 Å². The van der Waals surface area contributed by atoms with Gasteiger partial charge in [-0.3, -0.25) is 4.90 Å². The van der Waals surface area contributed by atoms with Crippen LogP contribution in [0.2, 0.25) is 0 Å². The molecule has 1 aliphatic carbocycles. The van der Waals surface area contributed by atoms with Gasteiger partial charge in [0.15, 0.2) is 0 Å². The zero-order valence-electron chi connectivity index (χ0n) is 18.4. The van der Waals surface area contributed by atoms with Crippen molar-refractivity contribution >= 4 is 0 Å². The van der Waals surface area contributed by atoms with E-state index in [0.717, 1.165) is 25.4 Å². The van der Waals surface area contributed by atoms with Crippen molar-refractivity contribution in [2.75, 3.05) is 13.1 Å². The number of allylic oxidation sites excluding steroid dienone is 3. The van der Waals surface area contributed by atoms with Crippen molar-refractivity contribution < 1.29 is 0 Å². The Morgan fingerprint density at radius 3 is 2.37 bits per heavy atom. The summed E-state index contributed by atoms with van der Waals surface area (Å²) in [5.74, 6) is 1.43. The van der Waals surface area contributed by atoms with Crippen LogP contribution in [-0.2, 0) is 6.54 Å². The van der Waals surface area contributed by atoms with Gasteiger partial charge in [-0.05, 0) is 42.3 Å². The van der Waals surface area contributed by atoms with E-state index in [9.17, 15) is 0 Å². The molecule has 0 N–H and O–H groups in total. The van der Waals surface area contributed by atoms with Crippen molar-refractivity contribution in [3.05, 3.63) is 59.7 Å². The lowest BCUT2D eigenvalue weighted by Gasteiger charge is -2.34. The molecule has 2 unspecified atom stereocenters. The standard InChI is InChI=1S/C26H41N/c1-6-7-11-23(4)16-19-27(21-26(5)17-9-8-10-18-26)20-24-12-14-25(15-13-24)22(2)3/h8-10,12-15,17,22-23H,6-7,11,16,18-21H2,1-5H3. The average molecular weight is 368 g/mol. The molecule has 1 aromatic rings. The Bertz CT molecular complexity index is 595. The molecule has 0 heterocycles. The zero-order chi connectivity index (χ0) is 19.7. The van der Waals surface area contributed by atoms with E-state index in [-0.39, 0.29) is 5.41 Å². The minimum atomic E-state index is 0.263. The second-order valence-corrected chi connectivity index (χ2v) is 9.29. The van der Waals surface area contributed by atoms with Gasteiger partial charge in [-0.1, -0.05) is 102 Å². The van der Waals surface area contributed by atoms with Crippen LogP contribution in [0.3, 0.4) is 0 Å². The maximum Gasteiger partial charge on any atom is 0.0234 e. The lowest BCUT2D eigenvalue weighted by molar-refractivity contribution is 0.179. The van der Waals surface area contributed by atoms with Gasteiger partial charge in [-0.25, -0.2) is 0 Å². The largest absolute Gasteiger partial charge is 0.298 e. The predicted molar refractivity (Wildman–Crippen MR) is 120 cm³/mol. The summed E-state index contributed by atoms with van der Waals surface area (Å²) in [6, 6.07) is 9.30. The van der Waals surface area contributed by atoms with Gasteiger partial charge in [0.25, 0.3) is 0 Å². The molecular formula is C26H41N. The molecule has 2 atom stereocenters. The number of benzene rings is 1. The minimum Gasteiger partial charge on any atom is -0.298 e. The summed E-state index contributed by atoms with van der Waals surface area (Å²) < 4.78 is 0. The molecule has 0 fully saturated rings. The maximum absolute atomic E-state index is 2.69. The normalized spacial score (nSPS) is 20.6. The summed E-state index contributed by atoms with van der Waals surface area (Å²) in [7, 11) is 0. The molecule has 150 valence electrons. The van der Waals surface area contributed by atoms with Crippen molar-refractivity contribution in [2.24, 2.45) is 11.3 Å². The fourth-order valence-electron chi connectivity index (χ4n) is 3.98. The highest BCUT2D eigenvalue weighted by Gasteiger charge is 2.24. The molecule has 0 aliphatic heterocycles. The van der Waals surface area contributed by atoms with E-state index in [0.29, 0.717) is 5.92 Å². The van der Waals surface area contributed by atoms with Crippen LogP contribution in [0, 0.1) is 11.3 Å². The van der Waals surface area contributed by atoms with Crippen molar-refractivity contribution in [2.45, 2.75) is 79.2 Å². The lowest BCUT2D eigenvalue weighted by atomic mass is 9.83. The van der Waals surface area contributed by atoms with Crippen molar-refractivity contribution in [1.82, 2.24) is 4.90 Å². The van der Waals surface area contributed by atoms with Crippen LogP contribution < -0.4 is 0 Å². The monoisotopic (exact) mass is 367 g/mol. The number of hydrogen-bond acceptors (Lipinski definition) is 1. The van der Waals surface area contributed by atoms with Crippen LogP contribution in [-0.4, -0.2) is 18.0 Å². The summed E-state index contributed by atoms with van der Waals surface area (Å²) in [6.45, 7) is 15.1. The molecule has 1 nitrogen and oxygen atoms in total. The first-order valence-corrected chi connectivity index (χ1v) is 11.1. The van der Waals surface area contributed by atoms with Crippen molar-refractivity contribution in [1.29, 1.82) is 0 Å². The van der Waals surface area contributed by atoms with E-state index in [1.807, 2.05) is 0 Å². The molecule has 0 bridgehead atoms.